The van der Waals surface area contributed by atoms with E-state index >= 15 is 0 Å². The molecule has 76 valence electrons. The van der Waals surface area contributed by atoms with Gasteiger partial charge in [0.2, 0.25) is 0 Å². The van der Waals surface area contributed by atoms with E-state index in [9.17, 15) is 4.79 Å². The first-order valence-electron chi connectivity index (χ1n) is 5.30. The molecule has 1 aromatic heterocycles. The molecule has 0 unspecified atom stereocenters. The van der Waals surface area contributed by atoms with Crippen LogP contribution in [-0.4, -0.2) is 15.6 Å². The van der Waals surface area contributed by atoms with E-state index < -0.39 is 0 Å². The number of rotatable bonds is 3. The third kappa shape index (κ3) is 1.37. The summed E-state index contributed by atoms with van der Waals surface area (Å²) >= 11 is 0. The molecule has 0 atom stereocenters. The maximum absolute atomic E-state index is 11.4. The van der Waals surface area contributed by atoms with Crippen molar-refractivity contribution in [3.63, 3.8) is 0 Å². The van der Waals surface area contributed by atoms with Gasteiger partial charge in [-0.05, 0) is 26.7 Å². The van der Waals surface area contributed by atoms with Gasteiger partial charge in [0, 0.05) is 12.5 Å². The van der Waals surface area contributed by atoms with Crippen LogP contribution >= 0.6 is 0 Å². The number of nitrogens with zero attached hydrogens (tertiary/aromatic N) is 2. The van der Waals surface area contributed by atoms with E-state index in [1.54, 1.807) is 13.1 Å². The molecule has 0 radical (unpaired) electrons. The van der Waals surface area contributed by atoms with E-state index in [4.69, 9.17) is 0 Å². The summed E-state index contributed by atoms with van der Waals surface area (Å²) < 4.78 is 1.97. The first-order chi connectivity index (χ1) is 6.74. The molecule has 1 heterocycles. The fourth-order valence-corrected chi connectivity index (χ4v) is 2.03. The molecule has 1 saturated carbocycles. The molecule has 1 aromatic rings. The molecule has 1 fully saturated rings. The van der Waals surface area contributed by atoms with Crippen molar-refractivity contribution in [1.29, 1.82) is 0 Å². The van der Waals surface area contributed by atoms with Crippen LogP contribution in [0.3, 0.4) is 0 Å². The minimum atomic E-state index is 0.145. The zero-order valence-corrected chi connectivity index (χ0v) is 8.79. The number of aryl methyl sites for hydroxylation is 1. The third-order valence-electron chi connectivity index (χ3n) is 3.05. The summed E-state index contributed by atoms with van der Waals surface area (Å²) in [6.45, 7) is 4.55. The maximum atomic E-state index is 11.4. The van der Waals surface area contributed by atoms with Crippen molar-refractivity contribution in [2.75, 3.05) is 0 Å². The van der Waals surface area contributed by atoms with Crippen molar-refractivity contribution in [2.24, 2.45) is 0 Å². The number of carbonyl (C=O) groups excluding carboxylic acids is 1. The smallest absolute Gasteiger partial charge is 0.163 e. The van der Waals surface area contributed by atoms with Crippen LogP contribution < -0.4 is 0 Å². The van der Waals surface area contributed by atoms with Crippen LogP contribution in [0.1, 0.15) is 55.1 Å². The van der Waals surface area contributed by atoms with Crippen molar-refractivity contribution in [3.8, 4) is 0 Å². The molecule has 0 N–H and O–H groups in total. The summed E-state index contributed by atoms with van der Waals surface area (Å²) in [5.74, 6) is 0.725. The Kier molecular flexibility index (Phi) is 2.40. The molecule has 3 heteroatoms. The van der Waals surface area contributed by atoms with Crippen LogP contribution in [0.15, 0.2) is 6.20 Å². The van der Waals surface area contributed by atoms with Gasteiger partial charge in [-0.1, -0.05) is 6.42 Å². The Hall–Kier alpha value is -1.12. The van der Waals surface area contributed by atoms with Crippen LogP contribution in [0, 0.1) is 0 Å². The van der Waals surface area contributed by atoms with Crippen molar-refractivity contribution in [1.82, 2.24) is 9.78 Å². The average molecular weight is 192 g/mol. The second kappa shape index (κ2) is 3.56. The number of carbonyl (C=O) groups is 1. The predicted octanol–water partition coefficient (Wildman–Crippen LogP) is 2.37. The lowest BCUT2D eigenvalue weighted by molar-refractivity contribution is 0.101. The predicted molar refractivity (Wildman–Crippen MR) is 54.5 cm³/mol. The van der Waals surface area contributed by atoms with Gasteiger partial charge < -0.3 is 0 Å². The fourth-order valence-electron chi connectivity index (χ4n) is 2.03. The SMILES string of the molecule is CCn1ncc(C(C)=O)c1C1CCC1. The molecule has 1 aliphatic carbocycles. The molecule has 0 bridgehead atoms. The summed E-state index contributed by atoms with van der Waals surface area (Å²) in [6, 6.07) is 0. The highest BCUT2D eigenvalue weighted by molar-refractivity contribution is 5.95. The molecule has 1 aliphatic rings. The summed E-state index contributed by atoms with van der Waals surface area (Å²) in [7, 11) is 0. The Morgan fingerprint density at radius 3 is 2.79 bits per heavy atom. The highest BCUT2D eigenvalue weighted by atomic mass is 16.1. The molecule has 0 aliphatic heterocycles. The van der Waals surface area contributed by atoms with Crippen molar-refractivity contribution in [2.45, 2.75) is 45.6 Å². The highest BCUT2D eigenvalue weighted by Gasteiger charge is 2.27. The second-order valence-electron chi connectivity index (χ2n) is 3.94. The van der Waals surface area contributed by atoms with Gasteiger partial charge in [0.1, 0.15) is 0 Å². The summed E-state index contributed by atoms with van der Waals surface area (Å²) in [4.78, 5) is 11.4. The summed E-state index contributed by atoms with van der Waals surface area (Å²) in [5, 5.41) is 4.25. The van der Waals surface area contributed by atoms with Gasteiger partial charge in [-0.2, -0.15) is 5.10 Å². The minimum absolute atomic E-state index is 0.145. The van der Waals surface area contributed by atoms with Gasteiger partial charge in [0.05, 0.1) is 17.5 Å². The van der Waals surface area contributed by atoms with Gasteiger partial charge in [-0.15, -0.1) is 0 Å². The molecule has 3 nitrogen and oxygen atoms in total. The lowest BCUT2D eigenvalue weighted by atomic mass is 9.81. The molecule has 2 rings (SSSR count). The minimum Gasteiger partial charge on any atom is -0.294 e. The first-order valence-corrected chi connectivity index (χ1v) is 5.30. The molecule has 0 amide bonds. The first kappa shape index (κ1) is 9.44. The van der Waals surface area contributed by atoms with Crippen LogP contribution in [0.25, 0.3) is 0 Å². The molecular weight excluding hydrogens is 176 g/mol. The zero-order chi connectivity index (χ0) is 10.1. The second-order valence-corrected chi connectivity index (χ2v) is 3.94. The molecule has 0 saturated heterocycles. The largest absolute Gasteiger partial charge is 0.294 e. The highest BCUT2D eigenvalue weighted by Crippen LogP contribution is 2.38. The Bertz CT molecular complexity index is 350. The monoisotopic (exact) mass is 192 g/mol. The Labute approximate surface area is 84.1 Å². The maximum Gasteiger partial charge on any atom is 0.163 e. The lowest BCUT2D eigenvalue weighted by Crippen LogP contribution is -2.17. The van der Waals surface area contributed by atoms with Gasteiger partial charge in [-0.3, -0.25) is 9.48 Å². The van der Waals surface area contributed by atoms with Crippen molar-refractivity contribution >= 4 is 5.78 Å². The zero-order valence-electron chi connectivity index (χ0n) is 8.79. The van der Waals surface area contributed by atoms with Crippen molar-refractivity contribution in [3.05, 3.63) is 17.5 Å². The van der Waals surface area contributed by atoms with Gasteiger partial charge >= 0.3 is 0 Å². The quantitative estimate of drug-likeness (QED) is 0.689. The standard InChI is InChI=1S/C11H16N2O/c1-3-13-11(9-5-4-6-9)10(7-12-13)8(2)14/h7,9H,3-6H2,1-2H3. The van der Waals surface area contributed by atoms with Gasteiger partial charge in [-0.25, -0.2) is 0 Å². The van der Waals surface area contributed by atoms with Crippen LogP contribution in [0.5, 0.6) is 0 Å². The van der Waals surface area contributed by atoms with Crippen molar-refractivity contribution < 1.29 is 4.79 Å². The number of hydrogen-bond donors (Lipinski definition) is 0. The van der Waals surface area contributed by atoms with E-state index in [1.807, 2.05) is 4.68 Å². The Balaban J connectivity index is 2.40. The van der Waals surface area contributed by atoms with Crippen LogP contribution in [0.4, 0.5) is 0 Å². The number of ketones is 1. The van der Waals surface area contributed by atoms with Gasteiger partial charge in [0.15, 0.2) is 5.78 Å². The van der Waals surface area contributed by atoms with E-state index in [-0.39, 0.29) is 5.78 Å². The number of hydrogen-bond acceptors (Lipinski definition) is 2. The lowest BCUT2D eigenvalue weighted by Gasteiger charge is -2.26. The van der Waals surface area contributed by atoms with Crippen LogP contribution in [-0.2, 0) is 6.54 Å². The van der Waals surface area contributed by atoms with E-state index in [2.05, 4.69) is 12.0 Å². The Morgan fingerprint density at radius 2 is 2.36 bits per heavy atom. The molecule has 0 spiro atoms. The molecule has 14 heavy (non-hydrogen) atoms. The summed E-state index contributed by atoms with van der Waals surface area (Å²) in [6.07, 6.45) is 5.44. The fraction of sp³-hybridized carbons (Fsp3) is 0.636. The summed E-state index contributed by atoms with van der Waals surface area (Å²) in [5.41, 5.74) is 2.00. The number of Topliss-reactive ketones (excluding diaryl/α,β-unsaturated/α-hetero) is 1. The molecule has 0 aromatic carbocycles. The normalized spacial score (nSPS) is 16.7. The van der Waals surface area contributed by atoms with E-state index in [0.717, 1.165) is 12.1 Å². The van der Waals surface area contributed by atoms with E-state index in [1.165, 1.54) is 25.0 Å². The molecular formula is C11H16N2O. The van der Waals surface area contributed by atoms with Crippen LogP contribution in [0.2, 0.25) is 0 Å². The van der Waals surface area contributed by atoms with E-state index in [0.29, 0.717) is 5.92 Å². The van der Waals surface area contributed by atoms with Gasteiger partial charge in [0.25, 0.3) is 0 Å². The average Bonchev–Trinajstić information content (AvgIpc) is 2.45. The topological polar surface area (TPSA) is 34.9 Å². The number of aromatic nitrogens is 2. The third-order valence-corrected chi connectivity index (χ3v) is 3.05. The Morgan fingerprint density at radius 1 is 1.64 bits per heavy atom.